The van der Waals surface area contributed by atoms with Gasteiger partial charge in [0.25, 0.3) is 11.5 Å². The summed E-state index contributed by atoms with van der Waals surface area (Å²) in [5.41, 5.74) is 3.31. The third-order valence-corrected chi connectivity index (χ3v) is 5.74. The number of aromatic nitrogens is 3. The van der Waals surface area contributed by atoms with Gasteiger partial charge in [-0.1, -0.05) is 36.4 Å². The Balaban J connectivity index is 1.62. The van der Waals surface area contributed by atoms with Gasteiger partial charge in [0, 0.05) is 25.9 Å². The van der Waals surface area contributed by atoms with Crippen molar-refractivity contribution in [1.82, 2.24) is 19.3 Å². The molecule has 1 N–H and O–H groups in total. The Morgan fingerprint density at radius 3 is 2.84 bits per heavy atom. The molecule has 1 atom stereocenters. The lowest BCUT2D eigenvalue weighted by molar-refractivity contribution is 0.0851. The molecule has 1 saturated heterocycles. The van der Waals surface area contributed by atoms with Gasteiger partial charge in [-0.3, -0.25) is 14.0 Å². The topological polar surface area (TPSA) is 77.6 Å². The fourth-order valence-corrected chi connectivity index (χ4v) is 4.12. The molecule has 0 spiro atoms. The monoisotopic (exact) mass is 416 g/mol. The summed E-state index contributed by atoms with van der Waals surface area (Å²) in [7, 11) is 0. The van der Waals surface area contributed by atoms with Gasteiger partial charge in [-0.05, 0) is 43.0 Å². The number of nitrogens with one attached hydrogen (secondary N) is 1. The van der Waals surface area contributed by atoms with Crippen LogP contribution in [0.3, 0.4) is 0 Å². The van der Waals surface area contributed by atoms with Gasteiger partial charge < -0.3 is 14.6 Å². The van der Waals surface area contributed by atoms with E-state index in [0.29, 0.717) is 35.5 Å². The zero-order valence-corrected chi connectivity index (χ0v) is 17.4. The maximum absolute atomic E-state index is 13.2. The molecule has 0 saturated carbocycles. The predicted molar refractivity (Wildman–Crippen MR) is 119 cm³/mol. The van der Waals surface area contributed by atoms with Gasteiger partial charge in [-0.2, -0.15) is 0 Å². The maximum atomic E-state index is 13.2. The lowest BCUT2D eigenvalue weighted by Crippen LogP contribution is -2.33. The molecule has 0 aliphatic carbocycles. The van der Waals surface area contributed by atoms with Crippen molar-refractivity contribution in [1.29, 1.82) is 0 Å². The predicted octanol–water partition coefficient (Wildman–Crippen LogP) is 2.91. The van der Waals surface area contributed by atoms with E-state index in [4.69, 9.17) is 9.72 Å². The third-order valence-electron chi connectivity index (χ3n) is 5.74. The minimum absolute atomic E-state index is 0.0465. The van der Waals surface area contributed by atoms with Gasteiger partial charge in [0.05, 0.1) is 11.5 Å². The SMILES string of the molecule is Cc1ccc2nc3c(cc(C(=O)NC[C@@H]4CCCO4)n3Cc3ccccc3)c(=O)n2c1. The van der Waals surface area contributed by atoms with E-state index >= 15 is 0 Å². The smallest absolute Gasteiger partial charge is 0.268 e. The van der Waals surface area contributed by atoms with Crippen LogP contribution in [0.15, 0.2) is 59.5 Å². The fourth-order valence-electron chi connectivity index (χ4n) is 4.12. The van der Waals surface area contributed by atoms with Crippen LogP contribution in [-0.4, -0.2) is 39.1 Å². The van der Waals surface area contributed by atoms with Crippen molar-refractivity contribution < 1.29 is 9.53 Å². The molecule has 1 aliphatic rings. The Bertz CT molecular complexity index is 1320. The molecule has 7 nitrogen and oxygen atoms in total. The molecule has 4 aromatic rings. The molecular formula is C24H24N4O3. The van der Waals surface area contributed by atoms with Crippen LogP contribution in [0.25, 0.3) is 16.7 Å². The van der Waals surface area contributed by atoms with Crippen molar-refractivity contribution in [2.75, 3.05) is 13.2 Å². The second kappa shape index (κ2) is 8.00. The number of rotatable bonds is 5. The van der Waals surface area contributed by atoms with E-state index in [1.807, 2.05) is 54.0 Å². The third kappa shape index (κ3) is 3.72. The van der Waals surface area contributed by atoms with Gasteiger partial charge in [-0.15, -0.1) is 0 Å². The quantitative estimate of drug-likeness (QED) is 0.543. The van der Waals surface area contributed by atoms with Crippen LogP contribution in [0.1, 0.15) is 34.5 Å². The molecular weight excluding hydrogens is 392 g/mol. The molecule has 158 valence electrons. The molecule has 4 heterocycles. The van der Waals surface area contributed by atoms with E-state index in [2.05, 4.69) is 5.32 Å². The molecule has 1 fully saturated rings. The Hall–Kier alpha value is -3.45. The molecule has 0 radical (unpaired) electrons. The van der Waals surface area contributed by atoms with E-state index in [-0.39, 0.29) is 17.6 Å². The van der Waals surface area contributed by atoms with Crippen LogP contribution >= 0.6 is 0 Å². The number of amides is 1. The van der Waals surface area contributed by atoms with Crippen LogP contribution in [0.2, 0.25) is 0 Å². The first-order valence-electron chi connectivity index (χ1n) is 10.6. The summed E-state index contributed by atoms with van der Waals surface area (Å²) in [6.45, 7) is 3.57. The molecule has 31 heavy (non-hydrogen) atoms. The molecule has 0 bridgehead atoms. The highest BCUT2D eigenvalue weighted by atomic mass is 16.5. The summed E-state index contributed by atoms with van der Waals surface area (Å²) in [5, 5.41) is 3.41. The number of nitrogens with zero attached hydrogens (tertiary/aromatic N) is 3. The van der Waals surface area contributed by atoms with Crippen molar-refractivity contribution in [3.63, 3.8) is 0 Å². The highest BCUT2D eigenvalue weighted by Gasteiger charge is 2.22. The zero-order chi connectivity index (χ0) is 21.4. The van der Waals surface area contributed by atoms with Crippen LogP contribution in [-0.2, 0) is 11.3 Å². The first-order valence-corrected chi connectivity index (χ1v) is 10.6. The lowest BCUT2D eigenvalue weighted by atomic mass is 10.2. The number of benzene rings is 1. The van der Waals surface area contributed by atoms with Crippen molar-refractivity contribution in [3.8, 4) is 0 Å². The highest BCUT2D eigenvalue weighted by molar-refractivity contribution is 5.98. The number of ether oxygens (including phenoxy) is 1. The van der Waals surface area contributed by atoms with E-state index in [1.54, 1.807) is 16.7 Å². The van der Waals surface area contributed by atoms with Crippen molar-refractivity contribution in [2.24, 2.45) is 0 Å². The minimum atomic E-state index is -0.228. The average molecular weight is 416 g/mol. The number of pyridine rings is 1. The summed E-state index contributed by atoms with van der Waals surface area (Å²) < 4.78 is 8.99. The summed E-state index contributed by atoms with van der Waals surface area (Å²) in [6, 6.07) is 15.3. The molecule has 0 unspecified atom stereocenters. The van der Waals surface area contributed by atoms with Crippen molar-refractivity contribution >= 4 is 22.6 Å². The van der Waals surface area contributed by atoms with Gasteiger partial charge in [-0.25, -0.2) is 4.98 Å². The van der Waals surface area contributed by atoms with Crippen LogP contribution in [0.5, 0.6) is 0 Å². The maximum Gasteiger partial charge on any atom is 0.268 e. The number of aryl methyl sites for hydroxylation is 1. The van der Waals surface area contributed by atoms with E-state index in [9.17, 15) is 9.59 Å². The molecule has 5 rings (SSSR count). The van der Waals surface area contributed by atoms with Crippen LogP contribution in [0.4, 0.5) is 0 Å². The van der Waals surface area contributed by atoms with Gasteiger partial charge in [0.2, 0.25) is 0 Å². The number of carbonyl (C=O) groups is 1. The first kappa shape index (κ1) is 19.5. The van der Waals surface area contributed by atoms with Crippen LogP contribution < -0.4 is 10.9 Å². The second-order valence-corrected chi connectivity index (χ2v) is 8.04. The van der Waals surface area contributed by atoms with E-state index < -0.39 is 0 Å². The number of fused-ring (bicyclic) bond motifs is 2. The molecule has 1 aromatic carbocycles. The van der Waals surface area contributed by atoms with E-state index in [0.717, 1.165) is 30.6 Å². The Kier molecular flexibility index (Phi) is 5.03. The van der Waals surface area contributed by atoms with Gasteiger partial charge >= 0.3 is 0 Å². The summed E-state index contributed by atoms with van der Waals surface area (Å²) >= 11 is 0. The van der Waals surface area contributed by atoms with Gasteiger partial charge in [0.1, 0.15) is 17.0 Å². The molecule has 1 aliphatic heterocycles. The highest BCUT2D eigenvalue weighted by Crippen LogP contribution is 2.19. The standard InChI is InChI=1S/C24H24N4O3/c1-16-9-10-21-26-22-19(24(30)28(21)14-16)12-20(23(29)25-13-18-8-5-11-31-18)27(22)15-17-6-3-2-4-7-17/h2-4,6-7,9-10,12,14,18H,5,8,11,13,15H2,1H3,(H,25,29)/t18-/m0/s1. The Morgan fingerprint density at radius 1 is 1.23 bits per heavy atom. The lowest BCUT2D eigenvalue weighted by Gasteiger charge is -2.13. The summed E-state index contributed by atoms with van der Waals surface area (Å²) in [5.74, 6) is -0.228. The minimum Gasteiger partial charge on any atom is -0.376 e. The second-order valence-electron chi connectivity index (χ2n) is 8.04. The van der Waals surface area contributed by atoms with Crippen molar-refractivity contribution in [3.05, 3.63) is 81.9 Å². The Morgan fingerprint density at radius 2 is 2.06 bits per heavy atom. The normalized spacial score (nSPS) is 16.2. The van der Waals surface area contributed by atoms with Crippen molar-refractivity contribution in [2.45, 2.75) is 32.4 Å². The average Bonchev–Trinajstić information content (AvgIpc) is 3.42. The molecule has 3 aromatic heterocycles. The first-order chi connectivity index (χ1) is 15.1. The number of hydrogen-bond acceptors (Lipinski definition) is 4. The molecule has 1 amide bonds. The summed E-state index contributed by atoms with van der Waals surface area (Å²) in [6.07, 6.45) is 3.78. The molecule has 7 heteroatoms. The van der Waals surface area contributed by atoms with Crippen LogP contribution in [0, 0.1) is 6.92 Å². The fraction of sp³-hybridized carbons (Fsp3) is 0.292. The van der Waals surface area contributed by atoms with Gasteiger partial charge in [0.15, 0.2) is 0 Å². The zero-order valence-electron chi connectivity index (χ0n) is 17.4. The number of carbonyl (C=O) groups excluding carboxylic acids is 1. The largest absolute Gasteiger partial charge is 0.376 e. The summed E-state index contributed by atoms with van der Waals surface area (Å²) in [4.78, 5) is 31.1. The van der Waals surface area contributed by atoms with E-state index in [1.165, 1.54) is 0 Å². The number of hydrogen-bond donors (Lipinski definition) is 1. The Labute approximate surface area is 179 Å².